The molecule has 0 amide bonds. The third-order valence-corrected chi connectivity index (χ3v) is 3.99. The number of aliphatic hydroxyl groups excluding tert-OH is 1. The van der Waals surface area contributed by atoms with Crippen molar-refractivity contribution in [2.24, 2.45) is 11.3 Å². The average molecular weight is 211 g/mol. The van der Waals surface area contributed by atoms with Gasteiger partial charge in [0.2, 0.25) is 0 Å². The van der Waals surface area contributed by atoms with Crippen molar-refractivity contribution in [2.45, 2.75) is 64.5 Å². The van der Waals surface area contributed by atoms with E-state index in [1.54, 1.807) is 0 Å². The van der Waals surface area contributed by atoms with Crippen LogP contribution in [-0.4, -0.2) is 23.8 Å². The molecule has 2 aliphatic rings. The summed E-state index contributed by atoms with van der Waals surface area (Å²) in [5, 5.41) is 13.3. The molecule has 0 saturated heterocycles. The summed E-state index contributed by atoms with van der Waals surface area (Å²) in [6.45, 7) is 5.53. The molecule has 0 aromatic heterocycles. The fourth-order valence-corrected chi connectivity index (χ4v) is 2.81. The zero-order valence-electron chi connectivity index (χ0n) is 10.1. The minimum Gasteiger partial charge on any atom is -0.392 e. The van der Waals surface area contributed by atoms with Crippen molar-refractivity contribution in [3.05, 3.63) is 0 Å². The first-order valence-corrected chi connectivity index (χ1v) is 6.48. The maximum atomic E-state index is 9.79. The second-order valence-electron chi connectivity index (χ2n) is 6.27. The van der Waals surface area contributed by atoms with E-state index in [4.69, 9.17) is 0 Å². The molecule has 15 heavy (non-hydrogen) atoms. The molecule has 2 N–H and O–H groups in total. The Balaban J connectivity index is 1.69. The third-order valence-electron chi connectivity index (χ3n) is 3.99. The molecule has 2 nitrogen and oxygen atoms in total. The lowest BCUT2D eigenvalue weighted by atomic mass is 9.75. The average Bonchev–Trinajstić information content (AvgIpc) is 2.95. The highest BCUT2D eigenvalue weighted by molar-refractivity contribution is 4.86. The fourth-order valence-electron chi connectivity index (χ4n) is 2.81. The van der Waals surface area contributed by atoms with Crippen LogP contribution in [0.25, 0.3) is 0 Å². The minimum atomic E-state index is -0.0879. The molecule has 2 heteroatoms. The van der Waals surface area contributed by atoms with Crippen LogP contribution in [0.1, 0.15) is 52.4 Å². The molecule has 2 atom stereocenters. The highest BCUT2D eigenvalue weighted by atomic mass is 16.3. The maximum absolute atomic E-state index is 9.79. The Kier molecular flexibility index (Phi) is 3.36. The first-order valence-electron chi connectivity index (χ1n) is 6.48. The van der Waals surface area contributed by atoms with Crippen molar-refractivity contribution in [2.75, 3.05) is 6.54 Å². The minimum absolute atomic E-state index is 0.0879. The Bertz CT molecular complexity index is 211. The molecule has 2 saturated carbocycles. The summed E-state index contributed by atoms with van der Waals surface area (Å²) in [6.07, 6.45) is 7.64. The molecule has 0 aliphatic heterocycles. The Morgan fingerprint density at radius 2 is 2.07 bits per heavy atom. The Labute approximate surface area is 93.5 Å². The van der Waals surface area contributed by atoms with Gasteiger partial charge in [0.05, 0.1) is 6.10 Å². The molecule has 2 rings (SSSR count). The number of rotatable bonds is 4. The smallest absolute Gasteiger partial charge is 0.0692 e. The monoisotopic (exact) mass is 211 g/mol. The van der Waals surface area contributed by atoms with Crippen LogP contribution in [0.15, 0.2) is 0 Å². The molecular weight excluding hydrogens is 186 g/mol. The highest BCUT2D eigenvalue weighted by Gasteiger charge is 2.31. The van der Waals surface area contributed by atoms with Crippen molar-refractivity contribution < 1.29 is 5.11 Å². The summed E-state index contributed by atoms with van der Waals surface area (Å²) >= 11 is 0. The van der Waals surface area contributed by atoms with Gasteiger partial charge in [-0.05, 0) is 43.4 Å². The number of hydrogen-bond donors (Lipinski definition) is 2. The van der Waals surface area contributed by atoms with Crippen LogP contribution < -0.4 is 5.32 Å². The quantitative estimate of drug-likeness (QED) is 0.748. The van der Waals surface area contributed by atoms with Crippen LogP contribution in [0.5, 0.6) is 0 Å². The van der Waals surface area contributed by atoms with E-state index in [1.807, 2.05) is 0 Å². The van der Waals surface area contributed by atoms with Crippen LogP contribution in [0, 0.1) is 11.3 Å². The largest absolute Gasteiger partial charge is 0.392 e. The number of hydrogen-bond acceptors (Lipinski definition) is 2. The lowest BCUT2D eigenvalue weighted by molar-refractivity contribution is 0.129. The molecule has 0 heterocycles. The second-order valence-corrected chi connectivity index (χ2v) is 6.27. The lowest BCUT2D eigenvalue weighted by Crippen LogP contribution is -2.41. The van der Waals surface area contributed by atoms with E-state index in [9.17, 15) is 5.11 Å². The summed E-state index contributed by atoms with van der Waals surface area (Å²) in [4.78, 5) is 0. The summed E-state index contributed by atoms with van der Waals surface area (Å²) < 4.78 is 0. The van der Waals surface area contributed by atoms with Crippen LogP contribution in [-0.2, 0) is 0 Å². The Hall–Kier alpha value is -0.0800. The highest BCUT2D eigenvalue weighted by Crippen LogP contribution is 2.36. The van der Waals surface area contributed by atoms with E-state index in [0.717, 1.165) is 6.54 Å². The zero-order chi connectivity index (χ0) is 10.9. The van der Waals surface area contributed by atoms with Gasteiger partial charge in [0.25, 0.3) is 0 Å². The van der Waals surface area contributed by atoms with Gasteiger partial charge in [-0.15, -0.1) is 0 Å². The SMILES string of the molecule is CC1(C)CCCC(NCC(O)C2CC2)C1. The van der Waals surface area contributed by atoms with E-state index in [-0.39, 0.29) is 6.10 Å². The first kappa shape index (κ1) is 11.4. The van der Waals surface area contributed by atoms with Crippen molar-refractivity contribution in [1.82, 2.24) is 5.32 Å². The van der Waals surface area contributed by atoms with Crippen LogP contribution >= 0.6 is 0 Å². The van der Waals surface area contributed by atoms with Gasteiger partial charge in [-0.25, -0.2) is 0 Å². The maximum Gasteiger partial charge on any atom is 0.0692 e. The van der Waals surface area contributed by atoms with Crippen LogP contribution in [0.4, 0.5) is 0 Å². The molecule has 0 spiro atoms. The van der Waals surface area contributed by atoms with Gasteiger partial charge in [-0.1, -0.05) is 20.3 Å². The van der Waals surface area contributed by atoms with E-state index in [0.29, 0.717) is 17.4 Å². The molecule has 2 unspecified atom stereocenters. The summed E-state index contributed by atoms with van der Waals surface area (Å²) in [5.41, 5.74) is 0.500. The van der Waals surface area contributed by atoms with Crippen molar-refractivity contribution in [1.29, 1.82) is 0 Å². The van der Waals surface area contributed by atoms with E-state index in [1.165, 1.54) is 38.5 Å². The van der Waals surface area contributed by atoms with Gasteiger partial charge < -0.3 is 10.4 Å². The molecule has 2 fully saturated rings. The molecular formula is C13H25NO. The number of aliphatic hydroxyl groups is 1. The number of nitrogens with one attached hydrogen (secondary N) is 1. The van der Waals surface area contributed by atoms with E-state index < -0.39 is 0 Å². The fraction of sp³-hybridized carbons (Fsp3) is 1.00. The zero-order valence-corrected chi connectivity index (χ0v) is 10.1. The normalized spacial score (nSPS) is 32.6. The van der Waals surface area contributed by atoms with E-state index in [2.05, 4.69) is 19.2 Å². The van der Waals surface area contributed by atoms with Crippen LogP contribution in [0.2, 0.25) is 0 Å². The van der Waals surface area contributed by atoms with Gasteiger partial charge in [-0.3, -0.25) is 0 Å². The standard InChI is InChI=1S/C13H25NO/c1-13(2)7-3-4-11(8-13)14-9-12(15)10-5-6-10/h10-12,14-15H,3-9H2,1-2H3. The van der Waals surface area contributed by atoms with Gasteiger partial charge in [0, 0.05) is 12.6 Å². The third kappa shape index (κ3) is 3.46. The van der Waals surface area contributed by atoms with E-state index >= 15 is 0 Å². The Morgan fingerprint density at radius 1 is 1.33 bits per heavy atom. The Morgan fingerprint density at radius 3 is 2.67 bits per heavy atom. The molecule has 2 aliphatic carbocycles. The van der Waals surface area contributed by atoms with Crippen molar-refractivity contribution in [3.63, 3.8) is 0 Å². The summed E-state index contributed by atoms with van der Waals surface area (Å²) in [5.74, 6) is 0.606. The molecule has 0 radical (unpaired) electrons. The van der Waals surface area contributed by atoms with Gasteiger partial charge in [0.15, 0.2) is 0 Å². The van der Waals surface area contributed by atoms with Gasteiger partial charge in [0.1, 0.15) is 0 Å². The predicted octanol–water partition coefficient (Wildman–Crippen LogP) is 2.32. The topological polar surface area (TPSA) is 32.3 Å². The summed E-state index contributed by atoms with van der Waals surface area (Å²) in [6, 6.07) is 0.641. The van der Waals surface area contributed by atoms with Crippen molar-refractivity contribution in [3.8, 4) is 0 Å². The molecule has 88 valence electrons. The lowest BCUT2D eigenvalue weighted by Gasteiger charge is -2.36. The van der Waals surface area contributed by atoms with Gasteiger partial charge in [-0.2, -0.15) is 0 Å². The first-order chi connectivity index (χ1) is 7.07. The second kappa shape index (κ2) is 4.42. The molecule has 0 aromatic rings. The van der Waals surface area contributed by atoms with Crippen molar-refractivity contribution >= 4 is 0 Å². The summed E-state index contributed by atoms with van der Waals surface area (Å²) in [7, 11) is 0. The van der Waals surface area contributed by atoms with Gasteiger partial charge >= 0.3 is 0 Å². The molecule has 0 bridgehead atoms. The van der Waals surface area contributed by atoms with Crippen LogP contribution in [0.3, 0.4) is 0 Å². The molecule has 0 aromatic carbocycles. The predicted molar refractivity (Wildman–Crippen MR) is 62.8 cm³/mol.